The minimum atomic E-state index is -0.300. The molecule has 0 unspecified atom stereocenters. The van der Waals surface area contributed by atoms with E-state index in [1.165, 1.54) is 12.2 Å². The van der Waals surface area contributed by atoms with E-state index in [0.717, 1.165) is 24.0 Å². The van der Waals surface area contributed by atoms with Crippen LogP contribution in [-0.4, -0.2) is 25.2 Å². The third-order valence-corrected chi connectivity index (χ3v) is 3.45. The van der Waals surface area contributed by atoms with Crippen molar-refractivity contribution in [3.05, 3.63) is 83.9 Å². The molecule has 28 heavy (non-hydrogen) atoms. The van der Waals surface area contributed by atoms with Gasteiger partial charge in [0.05, 0.1) is 13.2 Å². The molecule has 0 N–H and O–H groups in total. The second-order valence-corrected chi connectivity index (χ2v) is 5.76. The van der Waals surface area contributed by atoms with Gasteiger partial charge in [0, 0.05) is 12.2 Å². The Morgan fingerprint density at radius 2 is 1.21 bits per heavy atom. The maximum atomic E-state index is 11.2. The Balaban J connectivity index is 0.000000283. The van der Waals surface area contributed by atoms with Crippen LogP contribution in [0.15, 0.2) is 72.8 Å². The summed E-state index contributed by atoms with van der Waals surface area (Å²) in [5.74, 6) is -0.571. The van der Waals surface area contributed by atoms with Crippen LogP contribution in [0.4, 0.5) is 0 Å². The molecular weight excluding hydrogens is 352 g/mol. The summed E-state index contributed by atoms with van der Waals surface area (Å²) >= 11 is 0. The van der Waals surface area contributed by atoms with Crippen LogP contribution in [0.2, 0.25) is 0 Å². The Labute approximate surface area is 167 Å². The fourth-order valence-electron chi connectivity index (χ4n) is 2.01. The zero-order chi connectivity index (χ0) is 20.5. The van der Waals surface area contributed by atoms with E-state index in [0.29, 0.717) is 13.2 Å². The van der Waals surface area contributed by atoms with Crippen molar-refractivity contribution in [2.45, 2.75) is 26.7 Å². The van der Waals surface area contributed by atoms with Crippen LogP contribution >= 0.6 is 0 Å². The van der Waals surface area contributed by atoms with E-state index < -0.39 is 0 Å². The Kier molecular flexibility index (Phi) is 12.2. The molecule has 0 amide bonds. The van der Waals surface area contributed by atoms with Gasteiger partial charge in [-0.3, -0.25) is 0 Å². The van der Waals surface area contributed by atoms with Crippen LogP contribution in [-0.2, 0) is 19.1 Å². The van der Waals surface area contributed by atoms with Crippen LogP contribution in [0.3, 0.4) is 0 Å². The summed E-state index contributed by atoms with van der Waals surface area (Å²) in [4.78, 5) is 22.1. The maximum absolute atomic E-state index is 11.2. The molecule has 0 bridgehead atoms. The molecule has 0 radical (unpaired) electrons. The highest BCUT2D eigenvalue weighted by molar-refractivity contribution is 5.87. The van der Waals surface area contributed by atoms with Crippen LogP contribution < -0.4 is 0 Å². The van der Waals surface area contributed by atoms with E-state index in [1.54, 1.807) is 19.1 Å². The normalized spacial score (nSPS) is 10.4. The minimum Gasteiger partial charge on any atom is -0.463 e. The summed E-state index contributed by atoms with van der Waals surface area (Å²) in [5, 5.41) is 0. The molecule has 0 aromatic heterocycles. The van der Waals surface area contributed by atoms with Crippen molar-refractivity contribution in [1.29, 1.82) is 0 Å². The maximum Gasteiger partial charge on any atom is 0.330 e. The second kappa shape index (κ2) is 15.0. The van der Waals surface area contributed by atoms with E-state index >= 15 is 0 Å². The van der Waals surface area contributed by atoms with E-state index in [2.05, 4.69) is 6.92 Å². The number of ether oxygens (including phenoxy) is 2. The summed E-state index contributed by atoms with van der Waals surface area (Å²) in [6.07, 6.45) is 8.34. The molecule has 2 rings (SSSR count). The van der Waals surface area contributed by atoms with Crippen LogP contribution in [0.5, 0.6) is 0 Å². The van der Waals surface area contributed by atoms with Gasteiger partial charge in [0.2, 0.25) is 0 Å². The quantitative estimate of drug-likeness (QED) is 0.354. The molecular formula is C24H28O4. The average molecular weight is 380 g/mol. The van der Waals surface area contributed by atoms with Crippen molar-refractivity contribution in [3.63, 3.8) is 0 Å². The molecule has 0 aliphatic heterocycles. The predicted octanol–water partition coefficient (Wildman–Crippen LogP) is 5.31. The van der Waals surface area contributed by atoms with E-state index in [-0.39, 0.29) is 11.9 Å². The van der Waals surface area contributed by atoms with Crippen molar-refractivity contribution in [1.82, 2.24) is 0 Å². The van der Waals surface area contributed by atoms with Crippen LogP contribution in [0, 0.1) is 0 Å². The summed E-state index contributed by atoms with van der Waals surface area (Å²) in [5.41, 5.74) is 2.00. The largest absolute Gasteiger partial charge is 0.463 e. The number of hydrogen-bond acceptors (Lipinski definition) is 4. The van der Waals surface area contributed by atoms with Gasteiger partial charge in [0.15, 0.2) is 0 Å². The fraction of sp³-hybridized carbons (Fsp3) is 0.250. The summed E-state index contributed by atoms with van der Waals surface area (Å²) in [7, 11) is 0. The summed E-state index contributed by atoms with van der Waals surface area (Å²) in [6, 6.07) is 19.3. The lowest BCUT2D eigenvalue weighted by atomic mass is 10.2. The Morgan fingerprint density at radius 1 is 0.750 bits per heavy atom. The molecule has 2 aromatic carbocycles. The zero-order valence-corrected chi connectivity index (χ0v) is 16.5. The first-order chi connectivity index (χ1) is 13.7. The summed E-state index contributed by atoms with van der Waals surface area (Å²) in [6.45, 7) is 4.77. The minimum absolute atomic E-state index is 0.271. The molecule has 0 saturated heterocycles. The smallest absolute Gasteiger partial charge is 0.330 e. The first-order valence-electron chi connectivity index (χ1n) is 9.45. The molecule has 2 aromatic rings. The number of hydrogen-bond donors (Lipinski definition) is 0. The third-order valence-electron chi connectivity index (χ3n) is 3.45. The standard InChI is InChI=1S/C13H16O2.C11H12O2/c1-2-3-11-15-13(14)10-9-12-7-5-4-6-8-12;1-2-13-11(12)9-8-10-6-4-3-5-7-10/h4-10H,2-3,11H2,1H3;3-9H,2H2,1H3. The Hall–Kier alpha value is -3.14. The van der Waals surface area contributed by atoms with Crippen molar-refractivity contribution in [2.24, 2.45) is 0 Å². The van der Waals surface area contributed by atoms with Crippen LogP contribution in [0.1, 0.15) is 37.8 Å². The van der Waals surface area contributed by atoms with Gasteiger partial charge in [-0.2, -0.15) is 0 Å². The Morgan fingerprint density at radius 3 is 1.64 bits per heavy atom. The monoisotopic (exact) mass is 380 g/mol. The van der Waals surface area contributed by atoms with Crippen molar-refractivity contribution in [2.75, 3.05) is 13.2 Å². The zero-order valence-electron chi connectivity index (χ0n) is 16.5. The van der Waals surface area contributed by atoms with Gasteiger partial charge in [-0.25, -0.2) is 9.59 Å². The molecule has 4 heteroatoms. The van der Waals surface area contributed by atoms with Gasteiger partial charge in [-0.15, -0.1) is 0 Å². The average Bonchev–Trinajstić information content (AvgIpc) is 2.73. The number of benzene rings is 2. The molecule has 0 aliphatic carbocycles. The molecule has 0 heterocycles. The SMILES string of the molecule is CCCCOC(=O)C=Cc1ccccc1.CCOC(=O)C=Cc1ccccc1. The van der Waals surface area contributed by atoms with Crippen molar-refractivity contribution in [3.8, 4) is 0 Å². The molecule has 0 saturated carbocycles. The first-order valence-corrected chi connectivity index (χ1v) is 9.45. The van der Waals surface area contributed by atoms with E-state index in [4.69, 9.17) is 9.47 Å². The first kappa shape index (κ1) is 22.9. The lowest BCUT2D eigenvalue weighted by Crippen LogP contribution is -2.01. The highest BCUT2D eigenvalue weighted by atomic mass is 16.5. The number of rotatable bonds is 8. The number of esters is 2. The van der Waals surface area contributed by atoms with Crippen LogP contribution in [0.25, 0.3) is 12.2 Å². The highest BCUT2D eigenvalue weighted by Gasteiger charge is 1.95. The lowest BCUT2D eigenvalue weighted by Gasteiger charge is -1.98. The molecule has 0 spiro atoms. The van der Waals surface area contributed by atoms with Gasteiger partial charge >= 0.3 is 11.9 Å². The number of unbranched alkanes of at least 4 members (excludes halogenated alkanes) is 1. The second-order valence-electron chi connectivity index (χ2n) is 5.76. The molecule has 148 valence electrons. The Bertz CT molecular complexity index is 734. The predicted molar refractivity (Wildman–Crippen MR) is 113 cm³/mol. The topological polar surface area (TPSA) is 52.6 Å². The molecule has 0 fully saturated rings. The summed E-state index contributed by atoms with van der Waals surface area (Å²) < 4.78 is 9.72. The van der Waals surface area contributed by atoms with Gasteiger partial charge in [-0.1, -0.05) is 74.0 Å². The van der Waals surface area contributed by atoms with Crippen molar-refractivity contribution < 1.29 is 19.1 Å². The molecule has 0 atom stereocenters. The highest BCUT2D eigenvalue weighted by Crippen LogP contribution is 2.02. The molecule has 4 nitrogen and oxygen atoms in total. The number of carbonyl (C=O) groups excluding carboxylic acids is 2. The van der Waals surface area contributed by atoms with Gasteiger partial charge in [0.25, 0.3) is 0 Å². The van der Waals surface area contributed by atoms with E-state index in [1.807, 2.05) is 60.7 Å². The fourth-order valence-corrected chi connectivity index (χ4v) is 2.01. The number of carbonyl (C=O) groups is 2. The lowest BCUT2D eigenvalue weighted by molar-refractivity contribution is -0.138. The molecule has 0 aliphatic rings. The van der Waals surface area contributed by atoms with E-state index in [9.17, 15) is 9.59 Å². The van der Waals surface area contributed by atoms with Crippen molar-refractivity contribution >= 4 is 24.1 Å². The third kappa shape index (κ3) is 11.5. The van der Waals surface area contributed by atoms with Gasteiger partial charge in [0.1, 0.15) is 0 Å². The van der Waals surface area contributed by atoms with Gasteiger partial charge in [-0.05, 0) is 36.6 Å². The van der Waals surface area contributed by atoms with Gasteiger partial charge < -0.3 is 9.47 Å².